The van der Waals surface area contributed by atoms with Crippen LogP contribution in [0.4, 0.5) is 5.88 Å². The van der Waals surface area contributed by atoms with Crippen LogP contribution in [0.15, 0.2) is 27.1 Å². The van der Waals surface area contributed by atoms with Gasteiger partial charge in [-0.15, -0.1) is 0 Å². The predicted molar refractivity (Wildman–Crippen MR) is 53.3 cm³/mol. The Morgan fingerprint density at radius 3 is 2.83 bits per heavy atom. The summed E-state index contributed by atoms with van der Waals surface area (Å²) in [5.74, 6) is 0.359. The van der Waals surface area contributed by atoms with Crippen molar-refractivity contribution in [3.8, 4) is 0 Å². The normalized spacial score (nSPS) is 10.8. The molecule has 0 saturated carbocycles. The van der Waals surface area contributed by atoms with Crippen molar-refractivity contribution in [1.29, 1.82) is 0 Å². The summed E-state index contributed by atoms with van der Waals surface area (Å²) in [7, 11) is 0. The molecule has 0 unspecified atom stereocenters. The van der Waals surface area contributed by atoms with Crippen LogP contribution in [0.3, 0.4) is 0 Å². The third-order valence-corrected chi connectivity index (χ3v) is 2.73. The van der Waals surface area contributed by atoms with E-state index in [4.69, 9.17) is 21.8 Å². The first kappa shape index (κ1) is 7.95. The predicted octanol–water partition coefficient (Wildman–Crippen LogP) is 3.43. The van der Waals surface area contributed by atoms with Crippen LogP contribution < -0.4 is 5.73 Å². The lowest BCUT2D eigenvalue weighted by molar-refractivity contribution is 0.635. The number of rotatable bonds is 0. The molecule has 0 spiro atoms. The van der Waals surface area contributed by atoms with Gasteiger partial charge in [-0.3, -0.25) is 0 Å². The van der Waals surface area contributed by atoms with Crippen molar-refractivity contribution in [3.63, 3.8) is 0 Å². The summed E-state index contributed by atoms with van der Waals surface area (Å²) in [6, 6.07) is 5.44. The summed E-state index contributed by atoms with van der Waals surface area (Å²) in [5, 5.41) is 1.47. The largest absolute Gasteiger partial charge is 0.440 e. The van der Waals surface area contributed by atoms with Crippen LogP contribution in [0, 0.1) is 0 Å². The van der Waals surface area contributed by atoms with E-state index in [-0.39, 0.29) is 0 Å². The second-order valence-electron chi connectivity index (χ2n) is 2.39. The van der Waals surface area contributed by atoms with Gasteiger partial charge in [-0.05, 0) is 28.1 Å². The summed E-state index contributed by atoms with van der Waals surface area (Å²) >= 11 is 9.23. The van der Waals surface area contributed by atoms with Gasteiger partial charge in [0.2, 0.25) is 5.88 Å². The molecule has 0 amide bonds. The number of hydrogen-bond acceptors (Lipinski definition) is 2. The zero-order valence-corrected chi connectivity index (χ0v) is 8.32. The van der Waals surface area contributed by atoms with Crippen molar-refractivity contribution < 1.29 is 4.42 Å². The molecule has 2 N–H and O–H groups in total. The van der Waals surface area contributed by atoms with Gasteiger partial charge < -0.3 is 10.2 Å². The van der Waals surface area contributed by atoms with Gasteiger partial charge in [-0.1, -0.05) is 17.7 Å². The molecule has 2 nitrogen and oxygen atoms in total. The highest BCUT2D eigenvalue weighted by molar-refractivity contribution is 9.10. The lowest BCUT2D eigenvalue weighted by atomic mass is 10.2. The molecule has 0 atom stereocenters. The first-order valence-corrected chi connectivity index (χ1v) is 4.49. The molecule has 0 aliphatic carbocycles. The topological polar surface area (TPSA) is 39.2 Å². The fraction of sp³-hybridized carbons (Fsp3) is 0. The van der Waals surface area contributed by atoms with E-state index in [0.29, 0.717) is 16.5 Å². The Kier molecular flexibility index (Phi) is 1.77. The van der Waals surface area contributed by atoms with Gasteiger partial charge in [0.1, 0.15) is 5.58 Å². The van der Waals surface area contributed by atoms with Crippen LogP contribution >= 0.6 is 27.5 Å². The molecule has 1 aromatic carbocycles. The van der Waals surface area contributed by atoms with Crippen LogP contribution in [0.1, 0.15) is 0 Å². The van der Waals surface area contributed by atoms with Crippen molar-refractivity contribution in [2.45, 2.75) is 0 Å². The number of furan rings is 1. The summed E-state index contributed by atoms with van der Waals surface area (Å²) in [5.41, 5.74) is 6.25. The smallest absolute Gasteiger partial charge is 0.206 e. The molecule has 2 aromatic rings. The van der Waals surface area contributed by atoms with Crippen LogP contribution in [-0.4, -0.2) is 0 Å². The Morgan fingerprint density at radius 2 is 2.17 bits per heavy atom. The van der Waals surface area contributed by atoms with Gasteiger partial charge in [0.25, 0.3) is 0 Å². The second kappa shape index (κ2) is 2.68. The fourth-order valence-corrected chi connectivity index (χ4v) is 1.95. The Balaban J connectivity index is 2.97. The molecule has 1 aromatic heterocycles. The molecule has 62 valence electrons. The van der Waals surface area contributed by atoms with Crippen molar-refractivity contribution in [3.05, 3.63) is 27.7 Å². The maximum absolute atomic E-state index is 5.93. The molecular weight excluding hydrogens is 241 g/mol. The maximum atomic E-state index is 5.93. The van der Waals surface area contributed by atoms with Gasteiger partial charge in [0.15, 0.2) is 0 Å². The standard InChI is InChI=1S/C8H5BrClNO/c9-7-6-4(10)2-1-3-5(6)12-8(7)11/h1-3H,11H2. The van der Waals surface area contributed by atoms with E-state index in [1.165, 1.54) is 0 Å². The van der Waals surface area contributed by atoms with Crippen LogP contribution in [0.2, 0.25) is 5.02 Å². The number of nitrogens with two attached hydrogens (primary N) is 1. The minimum Gasteiger partial charge on any atom is -0.440 e. The Hall–Kier alpha value is -0.670. The third kappa shape index (κ3) is 1.01. The maximum Gasteiger partial charge on any atom is 0.206 e. The number of anilines is 1. The van der Waals surface area contributed by atoms with E-state index in [0.717, 1.165) is 9.86 Å². The van der Waals surface area contributed by atoms with Gasteiger partial charge in [-0.25, -0.2) is 0 Å². The summed E-state index contributed by atoms with van der Waals surface area (Å²) in [4.78, 5) is 0. The molecule has 2 rings (SSSR count). The first-order chi connectivity index (χ1) is 5.70. The summed E-state index contributed by atoms with van der Waals surface area (Å²) in [6.45, 7) is 0. The van der Waals surface area contributed by atoms with Crippen molar-refractivity contribution in [2.24, 2.45) is 0 Å². The highest BCUT2D eigenvalue weighted by Gasteiger charge is 2.10. The molecule has 0 radical (unpaired) electrons. The minimum absolute atomic E-state index is 0.359. The molecule has 0 fully saturated rings. The van der Waals surface area contributed by atoms with E-state index < -0.39 is 0 Å². The number of fused-ring (bicyclic) bond motifs is 1. The average Bonchev–Trinajstić information content (AvgIpc) is 2.29. The van der Waals surface area contributed by atoms with Crippen LogP contribution in [0.25, 0.3) is 11.0 Å². The first-order valence-electron chi connectivity index (χ1n) is 3.32. The van der Waals surface area contributed by atoms with Gasteiger partial charge in [-0.2, -0.15) is 0 Å². The lowest BCUT2D eigenvalue weighted by Gasteiger charge is -1.90. The average molecular weight is 246 g/mol. The van der Waals surface area contributed by atoms with Crippen LogP contribution in [-0.2, 0) is 0 Å². The molecule has 0 aliphatic rings. The molecular formula is C8H5BrClNO. The second-order valence-corrected chi connectivity index (χ2v) is 3.59. The fourth-order valence-electron chi connectivity index (χ4n) is 1.09. The number of benzene rings is 1. The molecule has 0 aliphatic heterocycles. The van der Waals surface area contributed by atoms with Gasteiger partial charge in [0, 0.05) is 0 Å². The Bertz CT molecular complexity index is 438. The summed E-state index contributed by atoms with van der Waals surface area (Å²) < 4.78 is 5.95. The monoisotopic (exact) mass is 245 g/mol. The Morgan fingerprint density at radius 1 is 1.42 bits per heavy atom. The van der Waals surface area contributed by atoms with Gasteiger partial charge >= 0.3 is 0 Å². The number of hydrogen-bond donors (Lipinski definition) is 1. The number of halogens is 2. The van der Waals surface area contributed by atoms with E-state index >= 15 is 0 Å². The zero-order valence-electron chi connectivity index (χ0n) is 5.97. The van der Waals surface area contributed by atoms with E-state index in [9.17, 15) is 0 Å². The highest BCUT2D eigenvalue weighted by Crippen LogP contribution is 2.36. The van der Waals surface area contributed by atoms with Crippen molar-refractivity contribution in [2.75, 3.05) is 5.73 Å². The van der Waals surface area contributed by atoms with Crippen LogP contribution in [0.5, 0.6) is 0 Å². The summed E-state index contributed by atoms with van der Waals surface area (Å²) in [6.07, 6.45) is 0. The SMILES string of the molecule is Nc1oc2cccc(Cl)c2c1Br. The Labute approximate surface area is 82.4 Å². The molecule has 4 heteroatoms. The van der Waals surface area contributed by atoms with E-state index in [1.807, 2.05) is 12.1 Å². The lowest BCUT2D eigenvalue weighted by Crippen LogP contribution is -1.78. The molecule has 0 saturated heterocycles. The van der Waals surface area contributed by atoms with E-state index in [2.05, 4.69) is 15.9 Å². The molecule has 1 heterocycles. The van der Waals surface area contributed by atoms with Crippen molar-refractivity contribution in [1.82, 2.24) is 0 Å². The highest BCUT2D eigenvalue weighted by atomic mass is 79.9. The number of nitrogen functional groups attached to an aromatic ring is 1. The molecule has 12 heavy (non-hydrogen) atoms. The minimum atomic E-state index is 0.359. The van der Waals surface area contributed by atoms with Gasteiger partial charge in [0.05, 0.1) is 14.9 Å². The quantitative estimate of drug-likeness (QED) is 0.773. The van der Waals surface area contributed by atoms with Crippen molar-refractivity contribution >= 4 is 44.4 Å². The molecule has 0 bridgehead atoms. The third-order valence-electron chi connectivity index (χ3n) is 1.63. The van der Waals surface area contributed by atoms with E-state index in [1.54, 1.807) is 6.07 Å². The zero-order chi connectivity index (χ0) is 8.72.